The third-order valence-corrected chi connectivity index (χ3v) is 2.32. The average molecular weight is 205 g/mol. The fourth-order valence-corrected chi connectivity index (χ4v) is 1.58. The van der Waals surface area contributed by atoms with Crippen molar-refractivity contribution in [2.24, 2.45) is 5.73 Å². The van der Waals surface area contributed by atoms with Crippen molar-refractivity contribution >= 4 is 16.7 Å². The maximum atomic E-state index is 9.83. The van der Waals surface area contributed by atoms with Crippen LogP contribution >= 0.6 is 0 Å². The van der Waals surface area contributed by atoms with Gasteiger partial charge in [-0.15, -0.1) is 0 Å². The van der Waals surface area contributed by atoms with Crippen molar-refractivity contribution in [2.75, 3.05) is 6.61 Å². The van der Waals surface area contributed by atoms with Gasteiger partial charge in [-0.25, -0.2) is 4.63 Å². The number of phenolic OH excluding ortho intramolecular Hbond substituents is 1. The fourth-order valence-electron chi connectivity index (χ4n) is 1.58. The highest BCUT2D eigenvalue weighted by Gasteiger charge is 2.21. The molecule has 6 heteroatoms. The predicted octanol–water partition coefficient (Wildman–Crippen LogP) is 0.620. The number of hydrogen-bond donors (Lipinski definition) is 2. The Morgan fingerprint density at radius 1 is 1.40 bits per heavy atom. The van der Waals surface area contributed by atoms with E-state index in [1.54, 1.807) is 12.1 Å². The van der Waals surface area contributed by atoms with E-state index in [1.165, 1.54) is 0 Å². The number of hydrogen-bond acceptors (Lipinski definition) is 6. The Balaban J connectivity index is 2.42. The topological polar surface area (TPSA) is 94.4 Å². The lowest BCUT2D eigenvalue weighted by Gasteiger charge is -2.16. The third kappa shape index (κ3) is 0.983. The first kappa shape index (κ1) is 8.10. The van der Waals surface area contributed by atoms with Gasteiger partial charge in [-0.2, -0.15) is 0 Å². The molecular weight excluding hydrogens is 198 g/mol. The van der Waals surface area contributed by atoms with Crippen LogP contribution in [0.3, 0.4) is 0 Å². The lowest BCUT2D eigenvalue weighted by molar-refractivity contribution is 0.312. The minimum atomic E-state index is -0.0835. The smallest absolute Gasteiger partial charge is 0.190 e. The number of ether oxygens (including phenoxy) is 1. The van der Waals surface area contributed by atoms with Crippen LogP contribution in [0.1, 0.15) is 5.56 Å². The number of benzene rings is 1. The minimum absolute atomic E-state index is 0.0835. The molecule has 0 unspecified atom stereocenters. The van der Waals surface area contributed by atoms with E-state index in [-0.39, 0.29) is 11.3 Å². The molecule has 1 aliphatic rings. The van der Waals surface area contributed by atoms with Gasteiger partial charge in [0.25, 0.3) is 0 Å². The van der Waals surface area contributed by atoms with Crippen LogP contribution in [0.15, 0.2) is 16.8 Å². The van der Waals surface area contributed by atoms with Gasteiger partial charge >= 0.3 is 0 Å². The van der Waals surface area contributed by atoms with E-state index < -0.39 is 0 Å². The van der Waals surface area contributed by atoms with Gasteiger partial charge in [-0.3, -0.25) is 0 Å². The van der Waals surface area contributed by atoms with E-state index in [4.69, 9.17) is 10.5 Å². The number of fused-ring (bicyclic) bond motifs is 2. The van der Waals surface area contributed by atoms with Gasteiger partial charge in [-0.05, 0) is 22.5 Å². The van der Waals surface area contributed by atoms with Crippen molar-refractivity contribution in [2.45, 2.75) is 0 Å². The first-order valence-corrected chi connectivity index (χ1v) is 4.34. The predicted molar refractivity (Wildman–Crippen MR) is 51.1 cm³/mol. The van der Waals surface area contributed by atoms with E-state index in [0.717, 1.165) is 0 Å². The standard InChI is InChI=1S/C9H7N3O3/c10-5-1-2-14-9-4(5)3-6-7(8(9)13)12-15-11-6/h1,3,13H,2,10H2. The average Bonchev–Trinajstić information content (AvgIpc) is 2.68. The summed E-state index contributed by atoms with van der Waals surface area (Å²) in [6.07, 6.45) is 1.72. The van der Waals surface area contributed by atoms with Crippen LogP contribution in [-0.4, -0.2) is 22.0 Å². The second kappa shape index (κ2) is 2.63. The lowest BCUT2D eigenvalue weighted by Crippen LogP contribution is -2.09. The zero-order valence-electron chi connectivity index (χ0n) is 7.60. The molecule has 15 heavy (non-hydrogen) atoms. The number of nitrogens with zero attached hydrogens (tertiary/aromatic N) is 2. The van der Waals surface area contributed by atoms with Crippen LogP contribution < -0.4 is 10.5 Å². The van der Waals surface area contributed by atoms with Crippen LogP contribution in [0.4, 0.5) is 0 Å². The molecule has 76 valence electrons. The molecule has 0 saturated heterocycles. The van der Waals surface area contributed by atoms with Crippen LogP contribution in [0, 0.1) is 0 Å². The molecule has 6 nitrogen and oxygen atoms in total. The van der Waals surface area contributed by atoms with Gasteiger partial charge in [0.05, 0.1) is 0 Å². The molecule has 0 amide bonds. The zero-order valence-corrected chi connectivity index (χ0v) is 7.60. The monoisotopic (exact) mass is 205 g/mol. The SMILES string of the molecule is NC1=CCOc2c1cc1nonc1c2O. The number of aromatic nitrogens is 2. The molecule has 1 aromatic heterocycles. The van der Waals surface area contributed by atoms with Gasteiger partial charge in [0, 0.05) is 11.3 Å². The third-order valence-electron chi connectivity index (χ3n) is 2.32. The summed E-state index contributed by atoms with van der Waals surface area (Å²) in [5, 5.41) is 17.0. The van der Waals surface area contributed by atoms with Gasteiger partial charge in [0.1, 0.15) is 12.1 Å². The minimum Gasteiger partial charge on any atom is -0.503 e. The van der Waals surface area contributed by atoms with E-state index >= 15 is 0 Å². The Morgan fingerprint density at radius 2 is 2.27 bits per heavy atom. The number of nitrogens with two attached hydrogens (primary N) is 1. The van der Waals surface area contributed by atoms with Crippen LogP contribution in [0.2, 0.25) is 0 Å². The molecule has 1 aromatic carbocycles. The van der Waals surface area contributed by atoms with Crippen LogP contribution in [0.5, 0.6) is 11.5 Å². The van der Waals surface area contributed by atoms with Crippen LogP contribution in [-0.2, 0) is 0 Å². The molecule has 0 saturated carbocycles. The van der Waals surface area contributed by atoms with Crippen molar-refractivity contribution in [3.8, 4) is 11.5 Å². The van der Waals surface area contributed by atoms with Gasteiger partial charge in [-0.1, -0.05) is 0 Å². The molecule has 0 aliphatic carbocycles. The highest BCUT2D eigenvalue weighted by molar-refractivity contribution is 5.89. The molecule has 2 heterocycles. The summed E-state index contributed by atoms with van der Waals surface area (Å²) in [4.78, 5) is 0. The molecule has 2 aromatic rings. The van der Waals surface area contributed by atoms with E-state index in [2.05, 4.69) is 14.9 Å². The molecular formula is C9H7N3O3. The quantitative estimate of drug-likeness (QED) is 0.654. The zero-order chi connectivity index (χ0) is 10.4. The van der Waals surface area contributed by atoms with Gasteiger partial charge < -0.3 is 15.6 Å². The number of rotatable bonds is 0. The Bertz CT molecular complexity index is 573. The Morgan fingerprint density at radius 3 is 3.13 bits per heavy atom. The van der Waals surface area contributed by atoms with Crippen molar-refractivity contribution < 1.29 is 14.5 Å². The summed E-state index contributed by atoms with van der Waals surface area (Å²) in [5.74, 6) is 0.248. The van der Waals surface area contributed by atoms with E-state index in [0.29, 0.717) is 29.1 Å². The highest BCUT2D eigenvalue weighted by atomic mass is 16.6. The van der Waals surface area contributed by atoms with Crippen molar-refractivity contribution in [3.05, 3.63) is 17.7 Å². The molecule has 0 spiro atoms. The largest absolute Gasteiger partial charge is 0.503 e. The molecule has 0 radical (unpaired) electrons. The van der Waals surface area contributed by atoms with Gasteiger partial charge in [0.2, 0.25) is 0 Å². The summed E-state index contributed by atoms with van der Waals surface area (Å²) >= 11 is 0. The van der Waals surface area contributed by atoms with Crippen molar-refractivity contribution in [1.82, 2.24) is 10.3 Å². The summed E-state index contributed by atoms with van der Waals surface area (Å²) in [5.41, 5.74) is 7.66. The molecule has 1 aliphatic heterocycles. The summed E-state index contributed by atoms with van der Waals surface area (Å²) in [7, 11) is 0. The normalized spacial score (nSPS) is 14.5. The molecule has 3 rings (SSSR count). The lowest BCUT2D eigenvalue weighted by atomic mass is 10.1. The first-order chi connectivity index (χ1) is 7.27. The van der Waals surface area contributed by atoms with Gasteiger partial charge in [0.15, 0.2) is 17.0 Å². The number of phenols is 1. The molecule has 0 atom stereocenters. The Kier molecular flexibility index (Phi) is 1.42. The molecule has 3 N–H and O–H groups in total. The summed E-state index contributed by atoms with van der Waals surface area (Å²) in [6, 6.07) is 1.67. The highest BCUT2D eigenvalue weighted by Crippen LogP contribution is 2.40. The summed E-state index contributed by atoms with van der Waals surface area (Å²) < 4.78 is 9.81. The summed E-state index contributed by atoms with van der Waals surface area (Å²) in [6.45, 7) is 0.336. The second-order valence-corrected chi connectivity index (χ2v) is 3.20. The maximum Gasteiger partial charge on any atom is 0.190 e. The molecule has 0 bridgehead atoms. The fraction of sp³-hybridized carbons (Fsp3) is 0.111. The Hall–Kier alpha value is -2.24. The number of aromatic hydroxyl groups is 1. The first-order valence-electron chi connectivity index (χ1n) is 4.34. The molecule has 0 fully saturated rings. The van der Waals surface area contributed by atoms with E-state index in [9.17, 15) is 5.11 Å². The maximum absolute atomic E-state index is 9.83. The van der Waals surface area contributed by atoms with Crippen LogP contribution in [0.25, 0.3) is 16.7 Å². The second-order valence-electron chi connectivity index (χ2n) is 3.20. The van der Waals surface area contributed by atoms with Crippen molar-refractivity contribution in [3.63, 3.8) is 0 Å². The Labute approximate surface area is 83.9 Å². The van der Waals surface area contributed by atoms with Crippen molar-refractivity contribution in [1.29, 1.82) is 0 Å². The van der Waals surface area contributed by atoms with E-state index in [1.807, 2.05) is 0 Å².